The topological polar surface area (TPSA) is 38.0 Å². The van der Waals surface area contributed by atoms with Gasteiger partial charge in [0, 0.05) is 18.3 Å². The number of aromatic nitrogens is 2. The van der Waals surface area contributed by atoms with Crippen molar-refractivity contribution in [2.75, 3.05) is 6.61 Å². The molecule has 1 aromatic heterocycles. The van der Waals surface area contributed by atoms with Gasteiger partial charge in [-0.2, -0.15) is 0 Å². The second kappa shape index (κ2) is 4.23. The zero-order chi connectivity index (χ0) is 10.7. The average molecular weight is 206 g/mol. The first-order valence-electron chi connectivity index (χ1n) is 4.68. The Balaban J connectivity index is 2.25. The molecule has 1 heterocycles. The maximum absolute atomic E-state index is 12.7. The number of aliphatic hydroxyl groups is 1. The summed E-state index contributed by atoms with van der Waals surface area (Å²) in [6, 6.07) is 6.17. The number of aliphatic hydroxyl groups excluding tert-OH is 1. The summed E-state index contributed by atoms with van der Waals surface area (Å²) in [4.78, 5) is 4.16. The van der Waals surface area contributed by atoms with Crippen LogP contribution in [-0.2, 0) is 6.54 Å². The highest BCUT2D eigenvalue weighted by Crippen LogP contribution is 2.16. The van der Waals surface area contributed by atoms with Crippen LogP contribution in [0.5, 0.6) is 0 Å². The lowest BCUT2D eigenvalue weighted by Gasteiger charge is -1.96. The molecule has 4 heteroatoms. The first-order chi connectivity index (χ1) is 7.29. The van der Waals surface area contributed by atoms with Crippen molar-refractivity contribution >= 4 is 0 Å². The summed E-state index contributed by atoms with van der Waals surface area (Å²) in [5, 5.41) is 8.74. The SMILES string of the molecule is OCCn1cnc(-c2ccc(F)cc2)c1. The lowest BCUT2D eigenvalue weighted by Crippen LogP contribution is -1.97. The third-order valence-electron chi connectivity index (χ3n) is 2.13. The van der Waals surface area contributed by atoms with Gasteiger partial charge in [-0.25, -0.2) is 9.37 Å². The molecule has 2 aromatic rings. The summed E-state index contributed by atoms with van der Waals surface area (Å²) in [6.45, 7) is 0.605. The van der Waals surface area contributed by atoms with E-state index in [4.69, 9.17) is 5.11 Å². The molecule has 0 amide bonds. The minimum absolute atomic E-state index is 0.0826. The zero-order valence-corrected chi connectivity index (χ0v) is 8.10. The predicted molar refractivity (Wildman–Crippen MR) is 54.7 cm³/mol. The smallest absolute Gasteiger partial charge is 0.123 e. The van der Waals surface area contributed by atoms with E-state index in [1.54, 1.807) is 23.0 Å². The Morgan fingerprint density at radius 2 is 2.00 bits per heavy atom. The first-order valence-corrected chi connectivity index (χ1v) is 4.68. The highest BCUT2D eigenvalue weighted by molar-refractivity contribution is 5.57. The van der Waals surface area contributed by atoms with Gasteiger partial charge in [0.05, 0.1) is 18.6 Å². The van der Waals surface area contributed by atoms with Crippen LogP contribution in [0, 0.1) is 5.82 Å². The van der Waals surface area contributed by atoms with Crippen molar-refractivity contribution in [2.45, 2.75) is 6.54 Å². The van der Waals surface area contributed by atoms with Gasteiger partial charge in [0.1, 0.15) is 5.82 Å². The molecule has 0 aliphatic heterocycles. The van der Waals surface area contributed by atoms with Gasteiger partial charge in [-0.1, -0.05) is 0 Å². The number of nitrogens with zero attached hydrogens (tertiary/aromatic N) is 2. The van der Waals surface area contributed by atoms with Gasteiger partial charge in [-0.3, -0.25) is 0 Å². The van der Waals surface area contributed by atoms with Crippen molar-refractivity contribution in [1.29, 1.82) is 0 Å². The van der Waals surface area contributed by atoms with Crippen molar-refractivity contribution in [3.8, 4) is 11.3 Å². The lowest BCUT2D eigenvalue weighted by atomic mass is 10.2. The molecule has 0 aliphatic carbocycles. The first kappa shape index (κ1) is 9.86. The van der Waals surface area contributed by atoms with Gasteiger partial charge in [-0.05, 0) is 24.3 Å². The van der Waals surface area contributed by atoms with Gasteiger partial charge >= 0.3 is 0 Å². The Labute approximate surface area is 86.8 Å². The second-order valence-corrected chi connectivity index (χ2v) is 3.23. The van der Waals surface area contributed by atoms with E-state index in [1.165, 1.54) is 12.1 Å². The highest BCUT2D eigenvalue weighted by atomic mass is 19.1. The highest BCUT2D eigenvalue weighted by Gasteiger charge is 2.01. The Hall–Kier alpha value is -1.68. The van der Waals surface area contributed by atoms with Crippen molar-refractivity contribution in [1.82, 2.24) is 9.55 Å². The van der Waals surface area contributed by atoms with Crippen molar-refractivity contribution in [2.24, 2.45) is 0 Å². The summed E-state index contributed by atoms with van der Waals surface area (Å²) in [5.41, 5.74) is 1.65. The minimum Gasteiger partial charge on any atom is -0.395 e. The summed E-state index contributed by atoms with van der Waals surface area (Å²) in [7, 11) is 0. The molecule has 0 aliphatic rings. The molecule has 15 heavy (non-hydrogen) atoms. The number of benzene rings is 1. The van der Waals surface area contributed by atoms with Crippen LogP contribution in [-0.4, -0.2) is 21.3 Å². The van der Waals surface area contributed by atoms with Crippen LogP contribution in [0.3, 0.4) is 0 Å². The van der Waals surface area contributed by atoms with Gasteiger partial charge in [0.2, 0.25) is 0 Å². The molecular weight excluding hydrogens is 195 g/mol. The molecule has 0 fully saturated rings. The number of imidazole rings is 1. The van der Waals surface area contributed by atoms with Crippen LogP contribution < -0.4 is 0 Å². The van der Waals surface area contributed by atoms with Crippen molar-refractivity contribution < 1.29 is 9.50 Å². The predicted octanol–water partition coefficient (Wildman–Crippen LogP) is 1.68. The quantitative estimate of drug-likeness (QED) is 0.829. The van der Waals surface area contributed by atoms with Crippen LogP contribution >= 0.6 is 0 Å². The minimum atomic E-state index is -0.256. The molecule has 1 aromatic carbocycles. The molecule has 78 valence electrons. The summed E-state index contributed by atoms with van der Waals surface area (Å²) in [6.07, 6.45) is 3.47. The van der Waals surface area contributed by atoms with Crippen LogP contribution in [0.15, 0.2) is 36.8 Å². The summed E-state index contributed by atoms with van der Waals surface area (Å²) < 4.78 is 14.5. The normalized spacial score (nSPS) is 10.5. The molecular formula is C11H11FN2O. The number of rotatable bonds is 3. The van der Waals surface area contributed by atoms with E-state index >= 15 is 0 Å². The maximum Gasteiger partial charge on any atom is 0.123 e. The summed E-state index contributed by atoms with van der Waals surface area (Å²) in [5.74, 6) is -0.256. The van der Waals surface area contributed by atoms with Crippen LogP contribution in [0.25, 0.3) is 11.3 Å². The third kappa shape index (κ3) is 2.22. The van der Waals surface area contributed by atoms with Crippen LogP contribution in [0.2, 0.25) is 0 Å². The van der Waals surface area contributed by atoms with Gasteiger partial charge in [0.15, 0.2) is 0 Å². The fraction of sp³-hybridized carbons (Fsp3) is 0.182. The Morgan fingerprint density at radius 1 is 1.27 bits per heavy atom. The van der Waals surface area contributed by atoms with E-state index in [0.717, 1.165) is 11.3 Å². The number of hydrogen-bond acceptors (Lipinski definition) is 2. The Bertz CT molecular complexity index is 436. The molecule has 0 radical (unpaired) electrons. The van der Waals surface area contributed by atoms with Crippen molar-refractivity contribution in [3.63, 3.8) is 0 Å². The zero-order valence-electron chi connectivity index (χ0n) is 8.10. The third-order valence-corrected chi connectivity index (χ3v) is 2.13. The molecule has 0 saturated heterocycles. The summed E-state index contributed by atoms with van der Waals surface area (Å²) >= 11 is 0. The molecule has 0 spiro atoms. The second-order valence-electron chi connectivity index (χ2n) is 3.23. The number of hydrogen-bond donors (Lipinski definition) is 1. The van der Waals surface area contributed by atoms with Crippen molar-refractivity contribution in [3.05, 3.63) is 42.6 Å². The van der Waals surface area contributed by atoms with Crippen LogP contribution in [0.4, 0.5) is 4.39 Å². The van der Waals surface area contributed by atoms with E-state index in [-0.39, 0.29) is 12.4 Å². The van der Waals surface area contributed by atoms with Gasteiger partial charge in [0.25, 0.3) is 0 Å². The lowest BCUT2D eigenvalue weighted by molar-refractivity contribution is 0.276. The molecule has 0 bridgehead atoms. The fourth-order valence-corrected chi connectivity index (χ4v) is 1.37. The molecule has 0 unspecified atom stereocenters. The average Bonchev–Trinajstić information content (AvgIpc) is 2.68. The van der Waals surface area contributed by atoms with E-state index in [9.17, 15) is 4.39 Å². The fourth-order valence-electron chi connectivity index (χ4n) is 1.37. The van der Waals surface area contributed by atoms with Crippen LogP contribution in [0.1, 0.15) is 0 Å². The molecule has 0 saturated carbocycles. The van der Waals surface area contributed by atoms with Gasteiger partial charge < -0.3 is 9.67 Å². The molecule has 1 N–H and O–H groups in total. The monoisotopic (exact) mass is 206 g/mol. The number of halogens is 1. The standard InChI is InChI=1S/C11H11FN2O/c12-10-3-1-9(2-4-10)11-7-14(5-6-15)8-13-11/h1-4,7-8,15H,5-6H2. The molecule has 2 rings (SSSR count). The molecule has 3 nitrogen and oxygen atoms in total. The Morgan fingerprint density at radius 3 is 2.67 bits per heavy atom. The van der Waals surface area contributed by atoms with E-state index < -0.39 is 0 Å². The largest absolute Gasteiger partial charge is 0.395 e. The van der Waals surface area contributed by atoms with E-state index in [0.29, 0.717) is 6.54 Å². The molecule has 0 atom stereocenters. The van der Waals surface area contributed by atoms with E-state index in [1.807, 2.05) is 6.20 Å². The van der Waals surface area contributed by atoms with E-state index in [2.05, 4.69) is 4.98 Å². The Kier molecular flexibility index (Phi) is 2.78. The maximum atomic E-state index is 12.7. The van der Waals surface area contributed by atoms with Gasteiger partial charge in [-0.15, -0.1) is 0 Å².